The largest absolute Gasteiger partial charge is 0.326 e. The second kappa shape index (κ2) is 6.46. The zero-order valence-electron chi connectivity index (χ0n) is 11.7. The van der Waals surface area contributed by atoms with Crippen molar-refractivity contribution < 1.29 is 0 Å². The van der Waals surface area contributed by atoms with Gasteiger partial charge in [-0.15, -0.1) is 11.8 Å². The van der Waals surface area contributed by atoms with Crippen LogP contribution in [0.15, 0.2) is 41.4 Å². The van der Waals surface area contributed by atoms with E-state index in [0.29, 0.717) is 12.6 Å². The summed E-state index contributed by atoms with van der Waals surface area (Å²) in [6.45, 7) is 0.608. The predicted molar refractivity (Wildman–Crippen MR) is 83.6 cm³/mol. The minimum Gasteiger partial charge on any atom is -0.326 e. The molecule has 1 saturated carbocycles. The van der Waals surface area contributed by atoms with Crippen LogP contribution in [0.3, 0.4) is 0 Å². The van der Waals surface area contributed by atoms with Gasteiger partial charge in [0.1, 0.15) is 0 Å². The summed E-state index contributed by atoms with van der Waals surface area (Å²) in [7, 11) is 0. The summed E-state index contributed by atoms with van der Waals surface area (Å²) < 4.78 is 2.17. The van der Waals surface area contributed by atoms with Crippen LogP contribution in [0.1, 0.15) is 43.0 Å². The number of hydrogen-bond acceptors (Lipinski definition) is 3. The molecule has 1 aliphatic carbocycles. The third-order valence-electron chi connectivity index (χ3n) is 3.91. The molecule has 0 atom stereocenters. The minimum atomic E-state index is 0.608. The maximum atomic E-state index is 5.61. The van der Waals surface area contributed by atoms with Gasteiger partial charge in [0.05, 0.1) is 11.7 Å². The first kappa shape index (κ1) is 13.7. The van der Waals surface area contributed by atoms with Gasteiger partial charge in [-0.05, 0) is 36.6 Å². The summed E-state index contributed by atoms with van der Waals surface area (Å²) in [5.74, 6) is 0.932. The van der Waals surface area contributed by atoms with Gasteiger partial charge in [0, 0.05) is 23.4 Å². The normalized spacial score (nSPS) is 15.8. The lowest BCUT2D eigenvalue weighted by Gasteiger charge is -2.08. The van der Waals surface area contributed by atoms with E-state index in [1.165, 1.54) is 41.8 Å². The highest BCUT2D eigenvalue weighted by molar-refractivity contribution is 7.98. The van der Waals surface area contributed by atoms with Crippen molar-refractivity contribution in [1.29, 1.82) is 0 Å². The first-order valence-electron chi connectivity index (χ1n) is 7.31. The number of thioether (sulfide) groups is 1. The van der Waals surface area contributed by atoms with Crippen LogP contribution in [0.25, 0.3) is 0 Å². The number of aromatic nitrogens is 2. The van der Waals surface area contributed by atoms with Gasteiger partial charge in [-0.2, -0.15) is 5.10 Å². The van der Waals surface area contributed by atoms with Crippen molar-refractivity contribution in [3.05, 3.63) is 47.8 Å². The average Bonchev–Trinajstić information content (AvgIpc) is 3.16. The molecule has 0 bridgehead atoms. The molecule has 4 heteroatoms. The van der Waals surface area contributed by atoms with E-state index in [1.807, 2.05) is 11.8 Å². The zero-order valence-corrected chi connectivity index (χ0v) is 12.5. The second-order valence-electron chi connectivity index (χ2n) is 5.36. The van der Waals surface area contributed by atoms with Crippen LogP contribution in [0.4, 0.5) is 0 Å². The summed E-state index contributed by atoms with van der Waals surface area (Å²) in [5.41, 5.74) is 7.96. The van der Waals surface area contributed by atoms with Gasteiger partial charge < -0.3 is 5.73 Å². The molecular formula is C16H21N3S. The Labute approximate surface area is 124 Å². The fraction of sp³-hybridized carbons (Fsp3) is 0.438. The lowest BCUT2D eigenvalue weighted by molar-refractivity contribution is 0.464. The number of nitrogens with zero attached hydrogens (tertiary/aromatic N) is 2. The zero-order chi connectivity index (χ0) is 13.8. The van der Waals surface area contributed by atoms with Crippen LogP contribution >= 0.6 is 11.8 Å². The molecule has 0 radical (unpaired) electrons. The third kappa shape index (κ3) is 3.25. The number of benzene rings is 1. The molecule has 20 heavy (non-hydrogen) atoms. The first-order valence-corrected chi connectivity index (χ1v) is 8.29. The van der Waals surface area contributed by atoms with Crippen LogP contribution in [-0.2, 0) is 12.3 Å². The molecule has 2 N–H and O–H groups in total. The molecule has 1 aromatic heterocycles. The molecule has 0 amide bonds. The maximum Gasteiger partial charge on any atom is 0.0727 e. The average molecular weight is 287 g/mol. The van der Waals surface area contributed by atoms with Crippen molar-refractivity contribution in [1.82, 2.24) is 9.78 Å². The van der Waals surface area contributed by atoms with Gasteiger partial charge in [0.15, 0.2) is 0 Å². The van der Waals surface area contributed by atoms with Gasteiger partial charge in [-0.1, -0.05) is 25.0 Å². The SMILES string of the molecule is NCc1ccc(SCc2ccn(C3CCCC3)n2)cc1. The van der Waals surface area contributed by atoms with E-state index in [-0.39, 0.29) is 0 Å². The molecular weight excluding hydrogens is 266 g/mol. The van der Waals surface area contributed by atoms with Crippen molar-refractivity contribution in [2.24, 2.45) is 5.73 Å². The molecule has 0 aliphatic heterocycles. The van der Waals surface area contributed by atoms with Crippen molar-refractivity contribution in [3.8, 4) is 0 Å². The van der Waals surface area contributed by atoms with Crippen molar-refractivity contribution in [2.75, 3.05) is 0 Å². The minimum absolute atomic E-state index is 0.608. The van der Waals surface area contributed by atoms with Crippen LogP contribution in [0.5, 0.6) is 0 Å². The Morgan fingerprint density at radius 3 is 2.60 bits per heavy atom. The molecule has 1 heterocycles. The lowest BCUT2D eigenvalue weighted by Crippen LogP contribution is -2.05. The van der Waals surface area contributed by atoms with E-state index in [9.17, 15) is 0 Å². The molecule has 0 saturated heterocycles. The highest BCUT2D eigenvalue weighted by Crippen LogP contribution is 2.29. The number of rotatable bonds is 5. The third-order valence-corrected chi connectivity index (χ3v) is 4.95. The van der Waals surface area contributed by atoms with E-state index in [1.54, 1.807) is 0 Å². The van der Waals surface area contributed by atoms with Crippen LogP contribution in [0, 0.1) is 0 Å². The molecule has 3 nitrogen and oxygen atoms in total. The second-order valence-corrected chi connectivity index (χ2v) is 6.41. The molecule has 106 valence electrons. The standard InChI is InChI=1S/C16H21N3S/c17-11-13-5-7-16(8-6-13)20-12-14-9-10-19(18-14)15-3-1-2-4-15/h5-10,15H,1-4,11-12,17H2. The van der Waals surface area contributed by atoms with Crippen molar-refractivity contribution in [2.45, 2.75) is 48.9 Å². The summed E-state index contributed by atoms with van der Waals surface area (Å²) >= 11 is 1.83. The molecule has 3 rings (SSSR count). The van der Waals surface area contributed by atoms with E-state index in [4.69, 9.17) is 10.8 Å². The highest BCUT2D eigenvalue weighted by Gasteiger charge is 2.17. The summed E-state index contributed by atoms with van der Waals surface area (Å²) in [4.78, 5) is 1.28. The molecule has 1 fully saturated rings. The van der Waals surface area contributed by atoms with E-state index >= 15 is 0 Å². The Kier molecular flexibility index (Phi) is 4.43. The fourth-order valence-electron chi connectivity index (χ4n) is 2.71. The molecule has 0 spiro atoms. The molecule has 1 aromatic carbocycles. The monoisotopic (exact) mass is 287 g/mol. The Morgan fingerprint density at radius 1 is 1.15 bits per heavy atom. The van der Waals surface area contributed by atoms with E-state index < -0.39 is 0 Å². The smallest absolute Gasteiger partial charge is 0.0727 e. The Morgan fingerprint density at radius 2 is 1.90 bits per heavy atom. The van der Waals surface area contributed by atoms with Crippen molar-refractivity contribution >= 4 is 11.8 Å². The lowest BCUT2D eigenvalue weighted by atomic mass is 10.2. The van der Waals surface area contributed by atoms with Crippen molar-refractivity contribution in [3.63, 3.8) is 0 Å². The Bertz CT molecular complexity index is 541. The first-order chi connectivity index (χ1) is 9.85. The van der Waals surface area contributed by atoms with Gasteiger partial charge in [-0.25, -0.2) is 0 Å². The van der Waals surface area contributed by atoms with Crippen LogP contribution < -0.4 is 5.73 Å². The maximum absolute atomic E-state index is 5.61. The summed E-state index contributed by atoms with van der Waals surface area (Å²) in [6, 6.07) is 11.3. The summed E-state index contributed by atoms with van der Waals surface area (Å²) in [5, 5.41) is 4.72. The van der Waals surface area contributed by atoms with Crippen LogP contribution in [-0.4, -0.2) is 9.78 Å². The molecule has 1 aliphatic rings. The van der Waals surface area contributed by atoms with Gasteiger partial charge >= 0.3 is 0 Å². The topological polar surface area (TPSA) is 43.8 Å². The fourth-order valence-corrected chi connectivity index (χ4v) is 3.50. The highest BCUT2D eigenvalue weighted by atomic mass is 32.2. The molecule has 2 aromatic rings. The Balaban J connectivity index is 1.57. The Hall–Kier alpha value is -1.26. The van der Waals surface area contributed by atoms with Gasteiger partial charge in [0.25, 0.3) is 0 Å². The van der Waals surface area contributed by atoms with Gasteiger partial charge in [0.2, 0.25) is 0 Å². The summed E-state index contributed by atoms with van der Waals surface area (Å²) in [6.07, 6.45) is 7.41. The molecule has 0 unspecified atom stereocenters. The van der Waals surface area contributed by atoms with E-state index in [0.717, 1.165) is 5.75 Å². The predicted octanol–water partition coefficient (Wildman–Crippen LogP) is 3.75. The quantitative estimate of drug-likeness (QED) is 0.852. The van der Waals surface area contributed by atoms with Gasteiger partial charge in [-0.3, -0.25) is 4.68 Å². The number of nitrogens with two attached hydrogens (primary N) is 1. The van der Waals surface area contributed by atoms with E-state index in [2.05, 4.69) is 41.2 Å². The number of hydrogen-bond donors (Lipinski definition) is 1. The van der Waals surface area contributed by atoms with Crippen LogP contribution in [0.2, 0.25) is 0 Å².